The number of nitrogens with one attached hydrogen (secondary N) is 3. The van der Waals surface area contributed by atoms with Crippen LogP contribution < -0.4 is 16.0 Å². The molecule has 7 heteroatoms. The van der Waals surface area contributed by atoms with Crippen LogP contribution in [0.15, 0.2) is 41.4 Å². The summed E-state index contributed by atoms with van der Waals surface area (Å²) in [5.74, 6) is 0.713. The zero-order valence-electron chi connectivity index (χ0n) is 14.8. The molecule has 5 nitrogen and oxygen atoms in total. The SMILES string of the molecule is CCNC(=NCc1ccc(C(=O)NC)cc1)NCc1ccc(C)s1.I. The van der Waals surface area contributed by atoms with Crippen LogP contribution in [-0.2, 0) is 13.1 Å². The minimum absolute atomic E-state index is 0. The lowest BCUT2D eigenvalue weighted by atomic mass is 10.1. The molecule has 0 atom stereocenters. The number of aryl methyl sites for hydroxylation is 1. The lowest BCUT2D eigenvalue weighted by Gasteiger charge is -2.10. The minimum Gasteiger partial charge on any atom is -0.357 e. The Bertz CT molecular complexity index is 697. The van der Waals surface area contributed by atoms with Crippen LogP contribution in [0.5, 0.6) is 0 Å². The van der Waals surface area contributed by atoms with Crippen molar-refractivity contribution in [1.29, 1.82) is 0 Å². The van der Waals surface area contributed by atoms with E-state index >= 15 is 0 Å². The van der Waals surface area contributed by atoms with Crippen LogP contribution in [0.25, 0.3) is 0 Å². The van der Waals surface area contributed by atoms with Gasteiger partial charge in [0.1, 0.15) is 0 Å². The standard InChI is InChI=1S/C18H24N4OS.HI/c1-4-20-18(22-12-16-10-5-13(2)24-16)21-11-14-6-8-15(9-7-14)17(23)19-3;/h5-10H,4,11-12H2,1-3H3,(H,19,23)(H2,20,21,22);1H. The fourth-order valence-corrected chi connectivity index (χ4v) is 3.00. The Morgan fingerprint density at radius 2 is 1.84 bits per heavy atom. The van der Waals surface area contributed by atoms with Gasteiger partial charge in [-0.3, -0.25) is 4.79 Å². The average molecular weight is 472 g/mol. The molecule has 0 spiro atoms. The lowest BCUT2D eigenvalue weighted by Crippen LogP contribution is -2.36. The van der Waals surface area contributed by atoms with Crippen molar-refractivity contribution in [1.82, 2.24) is 16.0 Å². The van der Waals surface area contributed by atoms with Crippen molar-refractivity contribution in [3.8, 4) is 0 Å². The summed E-state index contributed by atoms with van der Waals surface area (Å²) in [4.78, 5) is 18.7. The quantitative estimate of drug-likeness (QED) is 0.344. The third kappa shape index (κ3) is 7.03. The number of nitrogens with zero attached hydrogens (tertiary/aromatic N) is 1. The summed E-state index contributed by atoms with van der Waals surface area (Å²) in [5.41, 5.74) is 1.72. The summed E-state index contributed by atoms with van der Waals surface area (Å²) in [6, 6.07) is 11.8. The van der Waals surface area contributed by atoms with Crippen LogP contribution in [0.3, 0.4) is 0 Å². The van der Waals surface area contributed by atoms with E-state index in [1.165, 1.54) is 9.75 Å². The number of benzene rings is 1. The van der Waals surface area contributed by atoms with Crippen molar-refractivity contribution >= 4 is 47.2 Å². The first-order chi connectivity index (χ1) is 11.6. The maximum absolute atomic E-state index is 11.5. The summed E-state index contributed by atoms with van der Waals surface area (Å²) >= 11 is 1.79. The molecule has 0 fully saturated rings. The third-order valence-corrected chi connectivity index (χ3v) is 4.43. The Morgan fingerprint density at radius 1 is 1.12 bits per heavy atom. The summed E-state index contributed by atoms with van der Waals surface area (Å²) in [6.07, 6.45) is 0. The number of halogens is 1. The molecule has 1 aromatic carbocycles. The number of guanidine groups is 1. The molecule has 0 saturated heterocycles. The number of thiophene rings is 1. The second-order valence-electron chi connectivity index (χ2n) is 5.34. The fraction of sp³-hybridized carbons (Fsp3) is 0.333. The number of carbonyl (C=O) groups is 1. The highest BCUT2D eigenvalue weighted by atomic mass is 127. The molecule has 0 aliphatic rings. The summed E-state index contributed by atoms with van der Waals surface area (Å²) in [6.45, 7) is 6.29. The van der Waals surface area contributed by atoms with Gasteiger partial charge in [-0.05, 0) is 43.7 Å². The molecule has 0 aliphatic heterocycles. The zero-order chi connectivity index (χ0) is 17.4. The van der Waals surface area contributed by atoms with Gasteiger partial charge in [0.05, 0.1) is 13.1 Å². The molecule has 0 saturated carbocycles. The van der Waals surface area contributed by atoms with Gasteiger partial charge >= 0.3 is 0 Å². The van der Waals surface area contributed by atoms with Crippen molar-refractivity contribution < 1.29 is 4.79 Å². The Labute approximate surface area is 170 Å². The van der Waals surface area contributed by atoms with E-state index in [2.05, 4.69) is 40.0 Å². The first-order valence-corrected chi connectivity index (χ1v) is 8.82. The van der Waals surface area contributed by atoms with Crippen LogP contribution in [0.2, 0.25) is 0 Å². The molecule has 1 heterocycles. The van der Waals surface area contributed by atoms with Gasteiger partial charge in [0, 0.05) is 28.9 Å². The summed E-state index contributed by atoms with van der Waals surface area (Å²) < 4.78 is 0. The largest absolute Gasteiger partial charge is 0.357 e. The number of hydrogen-bond acceptors (Lipinski definition) is 3. The van der Waals surface area contributed by atoms with Gasteiger partial charge in [-0.1, -0.05) is 12.1 Å². The Morgan fingerprint density at radius 3 is 2.40 bits per heavy atom. The second kappa shape index (κ2) is 11.1. The molecule has 25 heavy (non-hydrogen) atoms. The molecule has 1 aromatic heterocycles. The molecular weight excluding hydrogens is 447 g/mol. The van der Waals surface area contributed by atoms with E-state index in [9.17, 15) is 4.79 Å². The zero-order valence-corrected chi connectivity index (χ0v) is 17.9. The van der Waals surface area contributed by atoms with Crippen LogP contribution in [0.1, 0.15) is 32.6 Å². The van der Waals surface area contributed by atoms with Crippen molar-refractivity contribution in [3.63, 3.8) is 0 Å². The smallest absolute Gasteiger partial charge is 0.251 e. The highest BCUT2D eigenvalue weighted by molar-refractivity contribution is 14.0. The molecular formula is C18H25IN4OS. The van der Waals surface area contributed by atoms with Crippen molar-refractivity contribution in [2.45, 2.75) is 26.9 Å². The first-order valence-electron chi connectivity index (χ1n) is 8.01. The molecule has 0 unspecified atom stereocenters. The minimum atomic E-state index is -0.0775. The number of carbonyl (C=O) groups excluding carboxylic acids is 1. The van der Waals surface area contributed by atoms with E-state index in [1.54, 1.807) is 18.4 Å². The van der Waals surface area contributed by atoms with Crippen molar-refractivity contribution in [2.24, 2.45) is 4.99 Å². The van der Waals surface area contributed by atoms with Crippen LogP contribution in [-0.4, -0.2) is 25.5 Å². The highest BCUT2D eigenvalue weighted by Crippen LogP contribution is 2.14. The highest BCUT2D eigenvalue weighted by Gasteiger charge is 2.03. The van der Waals surface area contributed by atoms with Gasteiger partial charge in [-0.25, -0.2) is 4.99 Å². The molecule has 0 radical (unpaired) electrons. The topological polar surface area (TPSA) is 65.5 Å². The van der Waals surface area contributed by atoms with E-state index < -0.39 is 0 Å². The Hall–Kier alpha value is -1.61. The van der Waals surface area contributed by atoms with Crippen LogP contribution in [0.4, 0.5) is 0 Å². The van der Waals surface area contributed by atoms with E-state index in [0.717, 1.165) is 24.6 Å². The van der Waals surface area contributed by atoms with Gasteiger partial charge in [-0.15, -0.1) is 35.3 Å². The Balaban J connectivity index is 0.00000312. The van der Waals surface area contributed by atoms with Gasteiger partial charge in [0.15, 0.2) is 5.96 Å². The summed E-state index contributed by atoms with van der Waals surface area (Å²) in [5, 5.41) is 9.21. The van der Waals surface area contributed by atoms with Crippen molar-refractivity contribution in [3.05, 3.63) is 57.3 Å². The third-order valence-electron chi connectivity index (χ3n) is 3.43. The van der Waals surface area contributed by atoms with Gasteiger partial charge in [-0.2, -0.15) is 0 Å². The maximum Gasteiger partial charge on any atom is 0.251 e. The molecule has 0 aliphatic carbocycles. The van der Waals surface area contributed by atoms with Crippen LogP contribution in [0, 0.1) is 6.92 Å². The molecule has 2 aromatic rings. The molecule has 3 N–H and O–H groups in total. The fourth-order valence-electron chi connectivity index (χ4n) is 2.17. The van der Waals surface area contributed by atoms with Gasteiger partial charge in [0.25, 0.3) is 5.91 Å². The second-order valence-corrected chi connectivity index (χ2v) is 6.71. The van der Waals surface area contributed by atoms with E-state index in [-0.39, 0.29) is 29.9 Å². The van der Waals surface area contributed by atoms with E-state index in [4.69, 9.17) is 0 Å². The normalized spacial score (nSPS) is 10.8. The lowest BCUT2D eigenvalue weighted by molar-refractivity contribution is 0.0963. The molecule has 2 rings (SSSR count). The maximum atomic E-state index is 11.5. The monoisotopic (exact) mass is 472 g/mol. The number of aliphatic imine (C=N–C) groups is 1. The number of rotatable bonds is 6. The van der Waals surface area contributed by atoms with Crippen molar-refractivity contribution in [2.75, 3.05) is 13.6 Å². The molecule has 0 bridgehead atoms. The van der Waals surface area contributed by atoms with Gasteiger partial charge < -0.3 is 16.0 Å². The average Bonchev–Trinajstić information content (AvgIpc) is 3.02. The van der Waals surface area contributed by atoms with Crippen LogP contribution >= 0.6 is 35.3 Å². The van der Waals surface area contributed by atoms with E-state index in [1.807, 2.05) is 31.2 Å². The predicted octanol–water partition coefficient (Wildman–Crippen LogP) is 3.29. The summed E-state index contributed by atoms with van der Waals surface area (Å²) in [7, 11) is 1.63. The molecule has 136 valence electrons. The number of hydrogen-bond donors (Lipinski definition) is 3. The first kappa shape index (κ1) is 21.4. The number of amides is 1. The predicted molar refractivity (Wildman–Crippen MR) is 116 cm³/mol. The van der Waals surface area contributed by atoms with Gasteiger partial charge in [0.2, 0.25) is 0 Å². The Kier molecular flexibility index (Phi) is 9.51. The molecule has 1 amide bonds. The van der Waals surface area contributed by atoms with E-state index in [0.29, 0.717) is 12.1 Å².